The molecule has 4 nitrogen and oxygen atoms in total. The van der Waals surface area contributed by atoms with E-state index in [4.69, 9.17) is 18.0 Å². The molecule has 0 aromatic heterocycles. The summed E-state index contributed by atoms with van der Waals surface area (Å²) in [6.07, 6.45) is 0.774. The van der Waals surface area contributed by atoms with Crippen molar-refractivity contribution in [3.8, 4) is 0 Å². The van der Waals surface area contributed by atoms with Crippen LogP contribution in [0.5, 0.6) is 0 Å². The second-order valence-corrected chi connectivity index (χ2v) is 8.26. The first-order chi connectivity index (χ1) is 9.03. The Morgan fingerprint density at radius 2 is 1.95 bits per heavy atom. The van der Waals surface area contributed by atoms with Gasteiger partial charge in [-0.2, -0.15) is 0 Å². The van der Waals surface area contributed by atoms with Crippen molar-refractivity contribution in [3.63, 3.8) is 0 Å². The van der Waals surface area contributed by atoms with Gasteiger partial charge in [-0.15, -0.1) is 0 Å². The van der Waals surface area contributed by atoms with Crippen molar-refractivity contribution >= 4 is 27.2 Å². The number of hydrogen-bond donors (Lipinski definition) is 2. The van der Waals surface area contributed by atoms with E-state index in [1.54, 1.807) is 19.1 Å². The molecular formula is C14H22N2O2S2. The SMILES string of the molecule is Cc1cc(S(=O)(=O)NCCC(C)(C)C)ccc1C(N)=S. The van der Waals surface area contributed by atoms with E-state index in [2.05, 4.69) is 25.5 Å². The van der Waals surface area contributed by atoms with E-state index in [0.29, 0.717) is 12.1 Å². The van der Waals surface area contributed by atoms with Crippen molar-refractivity contribution in [1.29, 1.82) is 0 Å². The summed E-state index contributed by atoms with van der Waals surface area (Å²) in [6.45, 7) is 8.43. The number of nitrogens with two attached hydrogens (primary N) is 1. The van der Waals surface area contributed by atoms with Crippen LogP contribution in [0.2, 0.25) is 0 Å². The molecule has 112 valence electrons. The molecule has 20 heavy (non-hydrogen) atoms. The molecule has 0 aliphatic carbocycles. The highest BCUT2D eigenvalue weighted by molar-refractivity contribution is 7.89. The summed E-state index contributed by atoms with van der Waals surface area (Å²) in [7, 11) is -3.48. The Balaban J connectivity index is 2.88. The first kappa shape index (κ1) is 17.1. The molecule has 0 spiro atoms. The highest BCUT2D eigenvalue weighted by atomic mass is 32.2. The summed E-state index contributed by atoms with van der Waals surface area (Å²) in [5, 5.41) is 0. The first-order valence-electron chi connectivity index (χ1n) is 6.43. The van der Waals surface area contributed by atoms with Gasteiger partial charge in [-0.1, -0.05) is 39.1 Å². The fraction of sp³-hybridized carbons (Fsp3) is 0.500. The molecule has 0 aliphatic rings. The van der Waals surface area contributed by atoms with Gasteiger partial charge in [0.1, 0.15) is 4.99 Å². The zero-order valence-corrected chi connectivity index (χ0v) is 14.0. The quantitative estimate of drug-likeness (QED) is 0.818. The Morgan fingerprint density at radius 3 is 2.40 bits per heavy atom. The molecule has 0 fully saturated rings. The minimum atomic E-state index is -3.48. The second-order valence-electron chi connectivity index (χ2n) is 6.05. The van der Waals surface area contributed by atoms with E-state index in [0.717, 1.165) is 12.0 Å². The minimum Gasteiger partial charge on any atom is -0.389 e. The maximum atomic E-state index is 12.2. The average molecular weight is 314 g/mol. The number of sulfonamides is 1. The van der Waals surface area contributed by atoms with Crippen molar-refractivity contribution in [2.24, 2.45) is 11.1 Å². The van der Waals surface area contributed by atoms with Crippen LogP contribution >= 0.6 is 12.2 Å². The van der Waals surface area contributed by atoms with Crippen LogP contribution in [0.25, 0.3) is 0 Å². The lowest BCUT2D eigenvalue weighted by molar-refractivity contribution is 0.378. The van der Waals surface area contributed by atoms with E-state index in [9.17, 15) is 8.42 Å². The first-order valence-corrected chi connectivity index (χ1v) is 8.32. The lowest BCUT2D eigenvalue weighted by Crippen LogP contribution is -2.27. The fourth-order valence-corrected chi connectivity index (χ4v) is 3.07. The standard InChI is InChI=1S/C14H22N2O2S2/c1-10-9-11(5-6-12(10)13(15)19)20(17,18)16-8-7-14(2,3)4/h5-6,9,16H,7-8H2,1-4H3,(H2,15,19). The molecule has 6 heteroatoms. The molecule has 0 saturated carbocycles. The van der Waals surface area contributed by atoms with Gasteiger partial charge < -0.3 is 5.73 Å². The summed E-state index contributed by atoms with van der Waals surface area (Å²) in [5.41, 5.74) is 7.12. The molecule has 0 atom stereocenters. The second kappa shape index (κ2) is 6.20. The van der Waals surface area contributed by atoms with E-state index in [-0.39, 0.29) is 15.3 Å². The molecule has 0 amide bonds. The molecule has 0 bridgehead atoms. The normalized spacial score (nSPS) is 12.4. The molecule has 3 N–H and O–H groups in total. The van der Waals surface area contributed by atoms with E-state index < -0.39 is 10.0 Å². The number of aryl methyl sites for hydroxylation is 1. The van der Waals surface area contributed by atoms with Crippen LogP contribution in [0.1, 0.15) is 38.3 Å². The minimum absolute atomic E-state index is 0.0913. The third-order valence-electron chi connectivity index (χ3n) is 2.94. The molecule has 1 aromatic rings. The van der Waals surface area contributed by atoms with Gasteiger partial charge in [0.25, 0.3) is 0 Å². The fourth-order valence-electron chi connectivity index (χ4n) is 1.72. The summed E-state index contributed by atoms with van der Waals surface area (Å²) in [6, 6.07) is 4.77. The van der Waals surface area contributed by atoms with Crippen LogP contribution in [-0.4, -0.2) is 20.0 Å². The van der Waals surface area contributed by atoms with E-state index in [1.807, 2.05) is 0 Å². The molecule has 0 heterocycles. The highest BCUT2D eigenvalue weighted by Gasteiger charge is 2.17. The lowest BCUT2D eigenvalue weighted by atomic mass is 9.93. The van der Waals surface area contributed by atoms with Crippen LogP contribution in [0.4, 0.5) is 0 Å². The Bertz CT molecular complexity index is 602. The lowest BCUT2D eigenvalue weighted by Gasteiger charge is -2.18. The molecular weight excluding hydrogens is 292 g/mol. The topological polar surface area (TPSA) is 72.2 Å². The third-order valence-corrected chi connectivity index (χ3v) is 4.62. The summed E-state index contributed by atoms with van der Waals surface area (Å²) < 4.78 is 27.0. The number of thiocarbonyl (C=S) groups is 1. The largest absolute Gasteiger partial charge is 0.389 e. The van der Waals surface area contributed by atoms with E-state index in [1.165, 1.54) is 6.07 Å². The number of hydrogen-bond acceptors (Lipinski definition) is 3. The number of rotatable bonds is 5. The van der Waals surface area contributed by atoms with Crippen LogP contribution in [0, 0.1) is 12.3 Å². The van der Waals surface area contributed by atoms with Crippen molar-refractivity contribution in [1.82, 2.24) is 4.72 Å². The van der Waals surface area contributed by atoms with Gasteiger partial charge in [0.15, 0.2) is 0 Å². The van der Waals surface area contributed by atoms with E-state index >= 15 is 0 Å². The maximum absolute atomic E-state index is 12.2. The van der Waals surface area contributed by atoms with Gasteiger partial charge in [0.05, 0.1) is 4.90 Å². The Morgan fingerprint density at radius 1 is 1.35 bits per heavy atom. The van der Waals surface area contributed by atoms with Gasteiger partial charge in [0.2, 0.25) is 10.0 Å². The highest BCUT2D eigenvalue weighted by Crippen LogP contribution is 2.19. The Labute approximate surface area is 126 Å². The summed E-state index contributed by atoms with van der Waals surface area (Å²) >= 11 is 4.91. The van der Waals surface area contributed by atoms with Gasteiger partial charge in [-0.3, -0.25) is 0 Å². The number of nitrogens with one attached hydrogen (secondary N) is 1. The van der Waals surface area contributed by atoms with Crippen LogP contribution in [0.15, 0.2) is 23.1 Å². The molecule has 1 aromatic carbocycles. The van der Waals surface area contributed by atoms with Gasteiger partial charge in [-0.25, -0.2) is 13.1 Å². The molecule has 1 rings (SSSR count). The predicted octanol–water partition coefficient (Wildman–Crippen LogP) is 2.34. The molecule has 0 unspecified atom stereocenters. The van der Waals surface area contributed by atoms with Crippen molar-refractivity contribution < 1.29 is 8.42 Å². The Kier molecular flexibility index (Phi) is 5.29. The van der Waals surface area contributed by atoms with Crippen LogP contribution in [0.3, 0.4) is 0 Å². The smallest absolute Gasteiger partial charge is 0.240 e. The van der Waals surface area contributed by atoms with Crippen molar-refractivity contribution in [2.45, 2.75) is 39.0 Å². The van der Waals surface area contributed by atoms with Gasteiger partial charge in [-0.05, 0) is 36.5 Å². The zero-order chi connectivity index (χ0) is 15.6. The van der Waals surface area contributed by atoms with Gasteiger partial charge >= 0.3 is 0 Å². The van der Waals surface area contributed by atoms with Crippen LogP contribution in [-0.2, 0) is 10.0 Å². The third kappa shape index (κ3) is 4.85. The van der Waals surface area contributed by atoms with Crippen molar-refractivity contribution in [3.05, 3.63) is 29.3 Å². The summed E-state index contributed by atoms with van der Waals surface area (Å²) in [4.78, 5) is 0.510. The van der Waals surface area contributed by atoms with Gasteiger partial charge in [0, 0.05) is 12.1 Å². The average Bonchev–Trinajstić information content (AvgIpc) is 2.26. The Hall–Kier alpha value is -0.980. The van der Waals surface area contributed by atoms with Crippen LogP contribution < -0.4 is 10.5 Å². The molecule has 0 aliphatic heterocycles. The molecule has 0 saturated heterocycles. The molecule has 0 radical (unpaired) electrons. The maximum Gasteiger partial charge on any atom is 0.240 e. The predicted molar refractivity (Wildman–Crippen MR) is 86.3 cm³/mol. The summed E-state index contributed by atoms with van der Waals surface area (Å²) in [5.74, 6) is 0. The van der Waals surface area contributed by atoms with Crippen molar-refractivity contribution in [2.75, 3.05) is 6.54 Å². The monoisotopic (exact) mass is 314 g/mol. The zero-order valence-electron chi connectivity index (χ0n) is 12.4. The number of benzene rings is 1.